The Morgan fingerprint density at radius 2 is 1.91 bits per heavy atom. The molecular formula is C16H20N6O. The summed E-state index contributed by atoms with van der Waals surface area (Å²) in [5.74, 6) is 1.22. The number of nitrogens with zero attached hydrogens (tertiary/aromatic N) is 5. The van der Waals surface area contributed by atoms with Crippen LogP contribution in [0.25, 0.3) is 0 Å². The summed E-state index contributed by atoms with van der Waals surface area (Å²) in [6.07, 6.45) is 3.22. The van der Waals surface area contributed by atoms with Gasteiger partial charge in [0, 0.05) is 30.9 Å². The van der Waals surface area contributed by atoms with E-state index in [2.05, 4.69) is 30.4 Å². The number of carbonyl (C=O) groups is 1. The molecule has 0 atom stereocenters. The molecule has 1 saturated heterocycles. The van der Waals surface area contributed by atoms with E-state index in [9.17, 15) is 4.79 Å². The predicted octanol–water partition coefficient (Wildman–Crippen LogP) is 1.74. The van der Waals surface area contributed by atoms with E-state index in [4.69, 9.17) is 0 Å². The molecule has 2 aromatic rings. The van der Waals surface area contributed by atoms with Crippen LogP contribution in [0.5, 0.6) is 0 Å². The van der Waals surface area contributed by atoms with Crippen molar-refractivity contribution in [1.82, 2.24) is 20.2 Å². The summed E-state index contributed by atoms with van der Waals surface area (Å²) >= 11 is 0. The smallest absolute Gasteiger partial charge is 0.229 e. The minimum atomic E-state index is -0.0197. The zero-order chi connectivity index (χ0) is 16.2. The molecule has 7 nitrogen and oxygen atoms in total. The topological polar surface area (TPSA) is 83.9 Å². The van der Waals surface area contributed by atoms with Crippen molar-refractivity contribution in [1.29, 1.82) is 0 Å². The lowest BCUT2D eigenvalue weighted by atomic mass is 9.96. The van der Waals surface area contributed by atoms with Crippen LogP contribution >= 0.6 is 0 Å². The second-order valence-corrected chi connectivity index (χ2v) is 5.81. The van der Waals surface area contributed by atoms with Gasteiger partial charge in [0.15, 0.2) is 5.82 Å². The van der Waals surface area contributed by atoms with Crippen LogP contribution in [0, 0.1) is 19.8 Å². The number of hydrogen-bond donors (Lipinski definition) is 1. The SMILES string of the molecule is Cc1ccc(N2CCC(C(=O)Nc3nccc(C)n3)CC2)nn1. The van der Waals surface area contributed by atoms with Crippen molar-refractivity contribution in [3.05, 3.63) is 35.8 Å². The lowest BCUT2D eigenvalue weighted by Crippen LogP contribution is -2.38. The van der Waals surface area contributed by atoms with Gasteiger partial charge in [-0.15, -0.1) is 5.10 Å². The maximum Gasteiger partial charge on any atom is 0.229 e. The highest BCUT2D eigenvalue weighted by molar-refractivity contribution is 5.91. The fourth-order valence-electron chi connectivity index (χ4n) is 2.65. The van der Waals surface area contributed by atoms with Crippen molar-refractivity contribution >= 4 is 17.7 Å². The summed E-state index contributed by atoms with van der Waals surface area (Å²) in [6, 6.07) is 5.73. The lowest BCUT2D eigenvalue weighted by molar-refractivity contribution is -0.120. The molecule has 7 heteroatoms. The fourth-order valence-corrected chi connectivity index (χ4v) is 2.65. The zero-order valence-electron chi connectivity index (χ0n) is 13.4. The third-order valence-electron chi connectivity index (χ3n) is 4.00. The first-order valence-electron chi connectivity index (χ1n) is 7.77. The highest BCUT2D eigenvalue weighted by Gasteiger charge is 2.26. The van der Waals surface area contributed by atoms with E-state index in [0.717, 1.165) is 43.1 Å². The number of piperidine rings is 1. The third kappa shape index (κ3) is 3.80. The molecule has 3 heterocycles. The summed E-state index contributed by atoms with van der Waals surface area (Å²) in [6.45, 7) is 5.38. The van der Waals surface area contributed by atoms with E-state index in [-0.39, 0.29) is 11.8 Å². The molecule has 0 unspecified atom stereocenters. The van der Waals surface area contributed by atoms with Crippen LogP contribution in [-0.2, 0) is 4.79 Å². The summed E-state index contributed by atoms with van der Waals surface area (Å²) in [5.41, 5.74) is 1.74. The van der Waals surface area contributed by atoms with Gasteiger partial charge in [-0.3, -0.25) is 10.1 Å². The summed E-state index contributed by atoms with van der Waals surface area (Å²) in [4.78, 5) is 22.8. The van der Waals surface area contributed by atoms with Crippen LogP contribution in [0.3, 0.4) is 0 Å². The molecule has 1 N–H and O–H groups in total. The second-order valence-electron chi connectivity index (χ2n) is 5.81. The van der Waals surface area contributed by atoms with Crippen LogP contribution in [0.4, 0.5) is 11.8 Å². The molecule has 0 radical (unpaired) electrons. The summed E-state index contributed by atoms with van der Waals surface area (Å²) < 4.78 is 0. The molecule has 0 saturated carbocycles. The van der Waals surface area contributed by atoms with Gasteiger partial charge in [0.1, 0.15) is 0 Å². The molecule has 0 bridgehead atoms. The average Bonchev–Trinajstić information content (AvgIpc) is 2.56. The average molecular weight is 312 g/mol. The monoisotopic (exact) mass is 312 g/mol. The number of hydrogen-bond acceptors (Lipinski definition) is 6. The van der Waals surface area contributed by atoms with Gasteiger partial charge >= 0.3 is 0 Å². The van der Waals surface area contributed by atoms with Crippen molar-refractivity contribution < 1.29 is 4.79 Å². The first-order valence-corrected chi connectivity index (χ1v) is 7.77. The van der Waals surface area contributed by atoms with Gasteiger partial charge in [-0.05, 0) is 44.9 Å². The number of rotatable bonds is 3. The molecular weight excluding hydrogens is 292 g/mol. The number of anilines is 2. The van der Waals surface area contributed by atoms with E-state index in [1.165, 1.54) is 0 Å². The normalized spacial score (nSPS) is 15.5. The molecule has 0 spiro atoms. The summed E-state index contributed by atoms with van der Waals surface area (Å²) in [7, 11) is 0. The van der Waals surface area contributed by atoms with Gasteiger partial charge in [0.25, 0.3) is 0 Å². The van der Waals surface area contributed by atoms with Crippen molar-refractivity contribution in [2.75, 3.05) is 23.3 Å². The van der Waals surface area contributed by atoms with E-state index < -0.39 is 0 Å². The largest absolute Gasteiger partial charge is 0.355 e. The van der Waals surface area contributed by atoms with Gasteiger partial charge in [-0.1, -0.05) is 0 Å². The Hall–Kier alpha value is -2.57. The number of aryl methyl sites for hydroxylation is 2. The van der Waals surface area contributed by atoms with Crippen molar-refractivity contribution in [3.8, 4) is 0 Å². The minimum Gasteiger partial charge on any atom is -0.355 e. The van der Waals surface area contributed by atoms with E-state index >= 15 is 0 Å². The molecule has 2 aromatic heterocycles. The van der Waals surface area contributed by atoms with Crippen molar-refractivity contribution in [2.45, 2.75) is 26.7 Å². The third-order valence-corrected chi connectivity index (χ3v) is 4.00. The van der Waals surface area contributed by atoms with Crippen molar-refractivity contribution in [3.63, 3.8) is 0 Å². The van der Waals surface area contributed by atoms with Crippen LogP contribution in [-0.4, -0.2) is 39.2 Å². The van der Waals surface area contributed by atoms with Crippen LogP contribution < -0.4 is 10.2 Å². The molecule has 1 fully saturated rings. The fraction of sp³-hybridized carbons (Fsp3) is 0.438. The highest BCUT2D eigenvalue weighted by atomic mass is 16.2. The quantitative estimate of drug-likeness (QED) is 0.929. The van der Waals surface area contributed by atoms with Gasteiger partial charge < -0.3 is 4.90 Å². The second kappa shape index (κ2) is 6.68. The Balaban J connectivity index is 1.56. The first kappa shape index (κ1) is 15.3. The van der Waals surface area contributed by atoms with Gasteiger partial charge in [-0.25, -0.2) is 9.97 Å². The van der Waals surface area contributed by atoms with E-state index in [1.54, 1.807) is 12.3 Å². The van der Waals surface area contributed by atoms with Crippen LogP contribution in [0.15, 0.2) is 24.4 Å². The standard InChI is InChI=1S/C16H20N6O/c1-11-5-8-17-16(18-11)19-15(23)13-6-9-22(10-7-13)14-4-3-12(2)20-21-14/h3-5,8,13H,6-7,9-10H2,1-2H3,(H,17,18,19,23). The molecule has 1 aliphatic heterocycles. The summed E-state index contributed by atoms with van der Waals surface area (Å²) in [5, 5.41) is 11.1. The number of nitrogens with one attached hydrogen (secondary N) is 1. The highest BCUT2D eigenvalue weighted by Crippen LogP contribution is 2.22. The Labute approximate surface area is 135 Å². The van der Waals surface area contributed by atoms with Gasteiger partial charge in [-0.2, -0.15) is 5.10 Å². The molecule has 1 aliphatic rings. The zero-order valence-corrected chi connectivity index (χ0v) is 13.4. The van der Waals surface area contributed by atoms with Gasteiger partial charge in [0.2, 0.25) is 11.9 Å². The maximum atomic E-state index is 12.3. The molecule has 3 rings (SSSR count). The van der Waals surface area contributed by atoms with E-state index in [0.29, 0.717) is 5.95 Å². The Bertz CT molecular complexity index is 679. The Morgan fingerprint density at radius 3 is 2.57 bits per heavy atom. The number of aromatic nitrogens is 4. The minimum absolute atomic E-state index is 0.00904. The van der Waals surface area contributed by atoms with Crippen LogP contribution in [0.2, 0.25) is 0 Å². The molecule has 1 amide bonds. The van der Waals surface area contributed by atoms with Gasteiger partial charge in [0.05, 0.1) is 5.69 Å². The first-order chi connectivity index (χ1) is 11.1. The number of amides is 1. The maximum absolute atomic E-state index is 12.3. The Morgan fingerprint density at radius 1 is 1.13 bits per heavy atom. The molecule has 23 heavy (non-hydrogen) atoms. The predicted molar refractivity (Wildman–Crippen MR) is 87.1 cm³/mol. The van der Waals surface area contributed by atoms with Crippen LogP contribution in [0.1, 0.15) is 24.2 Å². The molecule has 120 valence electrons. The number of carbonyl (C=O) groups excluding carboxylic acids is 1. The lowest BCUT2D eigenvalue weighted by Gasteiger charge is -2.31. The Kier molecular flexibility index (Phi) is 4.45. The molecule has 0 aliphatic carbocycles. The molecule has 0 aromatic carbocycles. The van der Waals surface area contributed by atoms with E-state index in [1.807, 2.05) is 26.0 Å². The van der Waals surface area contributed by atoms with Crippen molar-refractivity contribution in [2.24, 2.45) is 5.92 Å².